The van der Waals surface area contributed by atoms with E-state index >= 15 is 0 Å². The van der Waals surface area contributed by atoms with Crippen molar-refractivity contribution in [3.63, 3.8) is 0 Å². The van der Waals surface area contributed by atoms with E-state index in [4.69, 9.17) is 16.3 Å². The number of thioether (sulfide) groups is 1. The van der Waals surface area contributed by atoms with Crippen molar-refractivity contribution in [2.45, 2.75) is 38.0 Å². The van der Waals surface area contributed by atoms with Crippen LogP contribution in [0.2, 0.25) is 0 Å². The Hall–Kier alpha value is -0.670. The molecule has 0 aliphatic carbocycles. The molecule has 0 aromatic heterocycles. The minimum absolute atomic E-state index is 0.109. The van der Waals surface area contributed by atoms with E-state index in [1.165, 1.54) is 10.5 Å². The lowest BCUT2D eigenvalue weighted by atomic mass is 9.81. The number of ether oxygens (including phenoxy) is 1. The third-order valence-corrected chi connectivity index (χ3v) is 5.34. The van der Waals surface area contributed by atoms with Gasteiger partial charge in [0.05, 0.1) is 11.4 Å². The Kier molecular flexibility index (Phi) is 4.17. The molecule has 0 fully saturated rings. The largest absolute Gasteiger partial charge is 0.461 e. The van der Waals surface area contributed by atoms with Crippen molar-refractivity contribution in [2.24, 2.45) is 0 Å². The second-order valence-electron chi connectivity index (χ2n) is 5.57. The molecule has 1 aromatic carbocycles. The summed E-state index contributed by atoms with van der Waals surface area (Å²) in [5, 5.41) is 0. The van der Waals surface area contributed by atoms with Gasteiger partial charge in [-0.05, 0) is 36.6 Å². The van der Waals surface area contributed by atoms with Gasteiger partial charge in [0.1, 0.15) is 6.61 Å². The number of rotatable bonds is 3. The zero-order chi connectivity index (χ0) is 14.2. The van der Waals surface area contributed by atoms with Gasteiger partial charge in [0, 0.05) is 16.1 Å². The first kappa shape index (κ1) is 14.7. The highest BCUT2D eigenvalue weighted by Gasteiger charge is 2.35. The Morgan fingerprint density at radius 1 is 1.47 bits per heavy atom. The Balaban J connectivity index is 2.49. The summed E-state index contributed by atoms with van der Waals surface area (Å²) >= 11 is 7.44. The average molecular weight is 299 g/mol. The molecule has 1 aliphatic heterocycles. The van der Waals surface area contributed by atoms with E-state index in [9.17, 15) is 4.79 Å². The minimum atomic E-state index is -0.267. The van der Waals surface area contributed by atoms with Gasteiger partial charge in [-0.25, -0.2) is 4.79 Å². The van der Waals surface area contributed by atoms with E-state index in [1.54, 1.807) is 0 Å². The molecule has 0 atom stereocenters. The van der Waals surface area contributed by atoms with Crippen LogP contribution in [0.1, 0.15) is 40.9 Å². The highest BCUT2D eigenvalue weighted by molar-refractivity contribution is 7.99. The van der Waals surface area contributed by atoms with Crippen molar-refractivity contribution in [3.05, 3.63) is 28.3 Å². The molecule has 1 aliphatic rings. The highest BCUT2D eigenvalue weighted by atomic mass is 35.5. The molecular formula is C15H19ClO2S. The molecule has 0 spiro atoms. The molecule has 0 saturated heterocycles. The van der Waals surface area contributed by atoms with E-state index in [0.29, 0.717) is 11.4 Å². The second-order valence-corrected chi connectivity index (χ2v) is 6.93. The van der Waals surface area contributed by atoms with Gasteiger partial charge in [-0.2, -0.15) is 0 Å². The Morgan fingerprint density at radius 3 is 2.79 bits per heavy atom. The molecule has 0 N–H and O–H groups in total. The van der Waals surface area contributed by atoms with Crippen LogP contribution in [0.3, 0.4) is 0 Å². The fraction of sp³-hybridized carbons (Fsp3) is 0.533. The topological polar surface area (TPSA) is 26.3 Å². The molecule has 1 aromatic rings. The zero-order valence-corrected chi connectivity index (χ0v) is 13.4. The lowest BCUT2D eigenvalue weighted by Gasteiger charge is -2.22. The van der Waals surface area contributed by atoms with Crippen molar-refractivity contribution < 1.29 is 9.53 Å². The summed E-state index contributed by atoms with van der Waals surface area (Å²) in [5.74, 6) is 1.12. The zero-order valence-electron chi connectivity index (χ0n) is 11.8. The van der Waals surface area contributed by atoms with Gasteiger partial charge in [-0.15, -0.1) is 23.4 Å². The third-order valence-electron chi connectivity index (χ3n) is 3.51. The molecule has 4 heteroatoms. The van der Waals surface area contributed by atoms with Crippen molar-refractivity contribution in [2.75, 3.05) is 18.2 Å². The first-order chi connectivity index (χ1) is 8.88. The normalized spacial score (nSPS) is 16.3. The van der Waals surface area contributed by atoms with Gasteiger partial charge in [0.15, 0.2) is 0 Å². The van der Waals surface area contributed by atoms with Crippen LogP contribution in [0.25, 0.3) is 0 Å². The maximum atomic E-state index is 12.1. The number of hydrogen-bond acceptors (Lipinski definition) is 3. The molecule has 0 bridgehead atoms. The van der Waals surface area contributed by atoms with Crippen molar-refractivity contribution >= 4 is 29.3 Å². The van der Waals surface area contributed by atoms with Crippen LogP contribution >= 0.6 is 23.4 Å². The number of benzene rings is 1. The molecule has 0 radical (unpaired) electrons. The maximum absolute atomic E-state index is 12.1. The third kappa shape index (κ3) is 2.63. The number of carbonyl (C=O) groups is 1. The van der Waals surface area contributed by atoms with Gasteiger partial charge < -0.3 is 4.74 Å². The fourth-order valence-corrected chi connectivity index (χ4v) is 4.23. The Labute approximate surface area is 123 Å². The van der Waals surface area contributed by atoms with Gasteiger partial charge in [0.25, 0.3) is 0 Å². The predicted octanol–water partition coefficient (Wildman–Crippen LogP) is 4.08. The van der Waals surface area contributed by atoms with Crippen LogP contribution in [-0.2, 0) is 10.2 Å². The van der Waals surface area contributed by atoms with Gasteiger partial charge >= 0.3 is 5.97 Å². The standard InChI is InChI=1S/C15H19ClO2S/c1-9-7-11(14(17)18-6-5-16)10(2)12-13(9)19-8-15(12,3)4/h7H,5-6,8H2,1-4H3. The summed E-state index contributed by atoms with van der Waals surface area (Å²) < 4.78 is 5.16. The lowest BCUT2D eigenvalue weighted by molar-refractivity contribution is 0.0528. The summed E-state index contributed by atoms with van der Waals surface area (Å²) in [7, 11) is 0. The molecule has 0 unspecified atom stereocenters. The lowest BCUT2D eigenvalue weighted by Crippen LogP contribution is -2.20. The van der Waals surface area contributed by atoms with Crippen molar-refractivity contribution in [1.29, 1.82) is 0 Å². The number of aryl methyl sites for hydroxylation is 1. The van der Waals surface area contributed by atoms with Crippen molar-refractivity contribution in [3.8, 4) is 0 Å². The smallest absolute Gasteiger partial charge is 0.338 e. The molecular weight excluding hydrogens is 280 g/mol. The molecule has 19 heavy (non-hydrogen) atoms. The number of carbonyl (C=O) groups excluding carboxylic acids is 1. The Bertz CT molecular complexity index is 523. The van der Waals surface area contributed by atoms with Crippen LogP contribution < -0.4 is 0 Å². The van der Waals surface area contributed by atoms with E-state index in [-0.39, 0.29) is 18.0 Å². The van der Waals surface area contributed by atoms with Crippen LogP contribution in [0.5, 0.6) is 0 Å². The number of hydrogen-bond donors (Lipinski definition) is 0. The summed E-state index contributed by atoms with van der Waals surface area (Å²) in [5.41, 5.74) is 4.30. The second kappa shape index (κ2) is 5.37. The van der Waals surface area contributed by atoms with Crippen LogP contribution in [-0.4, -0.2) is 24.2 Å². The van der Waals surface area contributed by atoms with E-state index in [1.807, 2.05) is 24.8 Å². The van der Waals surface area contributed by atoms with Crippen molar-refractivity contribution in [1.82, 2.24) is 0 Å². The first-order valence-corrected chi connectivity index (χ1v) is 7.91. The molecule has 2 nitrogen and oxygen atoms in total. The van der Waals surface area contributed by atoms with E-state index in [2.05, 4.69) is 20.8 Å². The van der Waals surface area contributed by atoms with Crippen LogP contribution in [0, 0.1) is 13.8 Å². The minimum Gasteiger partial charge on any atom is -0.461 e. The number of esters is 1. The average Bonchev–Trinajstić information content (AvgIpc) is 2.67. The van der Waals surface area contributed by atoms with E-state index in [0.717, 1.165) is 16.9 Å². The monoisotopic (exact) mass is 298 g/mol. The molecule has 0 saturated carbocycles. The maximum Gasteiger partial charge on any atom is 0.338 e. The summed E-state index contributed by atoms with van der Waals surface area (Å²) in [6.45, 7) is 8.79. The van der Waals surface area contributed by atoms with Gasteiger partial charge in [-0.3, -0.25) is 0 Å². The molecule has 104 valence electrons. The SMILES string of the molecule is Cc1cc(C(=O)OCCCl)c(C)c2c1SCC2(C)C. The number of halogens is 1. The van der Waals surface area contributed by atoms with Crippen LogP contribution in [0.4, 0.5) is 0 Å². The summed E-state index contributed by atoms with van der Waals surface area (Å²) in [6.07, 6.45) is 0. The summed E-state index contributed by atoms with van der Waals surface area (Å²) in [6, 6.07) is 1.94. The van der Waals surface area contributed by atoms with Crippen LogP contribution in [0.15, 0.2) is 11.0 Å². The molecule has 1 heterocycles. The predicted molar refractivity (Wildman–Crippen MR) is 80.7 cm³/mol. The summed E-state index contributed by atoms with van der Waals surface area (Å²) in [4.78, 5) is 13.4. The number of alkyl halides is 1. The molecule has 2 rings (SSSR count). The highest BCUT2D eigenvalue weighted by Crippen LogP contribution is 2.47. The fourth-order valence-electron chi connectivity index (χ4n) is 2.64. The van der Waals surface area contributed by atoms with Gasteiger partial charge in [-0.1, -0.05) is 13.8 Å². The molecule has 0 amide bonds. The Morgan fingerprint density at radius 2 is 2.16 bits per heavy atom. The van der Waals surface area contributed by atoms with E-state index < -0.39 is 0 Å². The number of fused-ring (bicyclic) bond motifs is 1. The van der Waals surface area contributed by atoms with Gasteiger partial charge in [0.2, 0.25) is 0 Å². The first-order valence-electron chi connectivity index (χ1n) is 6.39. The quantitative estimate of drug-likeness (QED) is 0.621.